The zero-order chi connectivity index (χ0) is 29.9. The molecule has 3 heterocycles. The molecule has 2 aromatic heterocycles. The number of anilines is 2. The van der Waals surface area contributed by atoms with Gasteiger partial charge in [-0.2, -0.15) is 5.10 Å². The number of nitrogen functional groups attached to an aromatic ring is 1. The SMILES string of the molecule is C[C@@H]1CCn2nc(-c3ccc(NS(=O)(=O)c4ccccc4F)c(F)c3)c3c(N)ncc(c32)/C=C/CCCCCC(=O)N1. The van der Waals surface area contributed by atoms with Crippen molar-refractivity contribution in [2.75, 3.05) is 10.5 Å². The second-order valence-corrected chi connectivity index (χ2v) is 12.0. The number of hydrogen-bond donors (Lipinski definition) is 3. The van der Waals surface area contributed by atoms with Crippen molar-refractivity contribution in [2.45, 2.75) is 62.9 Å². The molecule has 0 spiro atoms. The Labute approximate surface area is 242 Å². The Bertz CT molecular complexity index is 1770. The van der Waals surface area contributed by atoms with Crippen LogP contribution in [0.1, 0.15) is 51.0 Å². The predicted molar refractivity (Wildman–Crippen MR) is 159 cm³/mol. The van der Waals surface area contributed by atoms with Crippen LogP contribution in [0.25, 0.3) is 28.2 Å². The van der Waals surface area contributed by atoms with Crippen LogP contribution in [0.15, 0.2) is 59.6 Å². The van der Waals surface area contributed by atoms with Gasteiger partial charge in [0.1, 0.15) is 28.0 Å². The van der Waals surface area contributed by atoms with Gasteiger partial charge in [-0.05, 0) is 56.9 Å². The monoisotopic (exact) mass is 594 g/mol. The van der Waals surface area contributed by atoms with Crippen molar-refractivity contribution < 1.29 is 22.0 Å². The zero-order valence-corrected chi connectivity index (χ0v) is 23.9. The lowest BCUT2D eigenvalue weighted by Gasteiger charge is -2.14. The number of nitrogens with zero attached hydrogens (tertiary/aromatic N) is 3. The first-order valence-corrected chi connectivity index (χ1v) is 15.3. The zero-order valence-electron chi connectivity index (χ0n) is 23.1. The first kappa shape index (κ1) is 29.2. The number of allylic oxidation sites excluding steroid dienone is 1. The van der Waals surface area contributed by atoms with Crippen molar-refractivity contribution in [2.24, 2.45) is 0 Å². The summed E-state index contributed by atoms with van der Waals surface area (Å²) in [5, 5.41) is 8.37. The number of halogens is 2. The van der Waals surface area contributed by atoms with Gasteiger partial charge in [-0.3, -0.25) is 14.2 Å². The normalized spacial score (nSPS) is 17.7. The topological polar surface area (TPSA) is 132 Å². The van der Waals surface area contributed by atoms with Crippen LogP contribution >= 0.6 is 0 Å². The van der Waals surface area contributed by atoms with E-state index in [1.54, 1.807) is 10.9 Å². The fourth-order valence-electron chi connectivity index (χ4n) is 5.03. The van der Waals surface area contributed by atoms with Gasteiger partial charge in [0.05, 0.1) is 16.6 Å². The largest absolute Gasteiger partial charge is 0.383 e. The Morgan fingerprint density at radius 2 is 1.90 bits per heavy atom. The maximum absolute atomic E-state index is 15.3. The molecular formula is C30H32F2N6O3S. The van der Waals surface area contributed by atoms with E-state index in [0.717, 1.165) is 55.0 Å². The highest BCUT2D eigenvalue weighted by molar-refractivity contribution is 7.92. The van der Waals surface area contributed by atoms with Crippen molar-refractivity contribution in [3.63, 3.8) is 0 Å². The van der Waals surface area contributed by atoms with E-state index >= 15 is 4.39 Å². The number of benzene rings is 2. The van der Waals surface area contributed by atoms with Crippen molar-refractivity contribution in [3.8, 4) is 11.3 Å². The van der Waals surface area contributed by atoms with E-state index in [1.165, 1.54) is 24.3 Å². The lowest BCUT2D eigenvalue weighted by Crippen LogP contribution is -2.33. The molecule has 9 nitrogen and oxygen atoms in total. The van der Waals surface area contributed by atoms with Gasteiger partial charge in [0.2, 0.25) is 5.91 Å². The Kier molecular flexibility index (Phi) is 8.53. The molecule has 220 valence electrons. The van der Waals surface area contributed by atoms with E-state index in [2.05, 4.69) is 21.1 Å². The number of aryl methyl sites for hydroxylation is 1. The highest BCUT2D eigenvalue weighted by Crippen LogP contribution is 2.35. The number of carbonyl (C=O) groups is 1. The average Bonchev–Trinajstić information content (AvgIpc) is 3.34. The molecule has 0 unspecified atom stereocenters. The molecule has 0 saturated carbocycles. The molecule has 4 N–H and O–H groups in total. The predicted octanol–water partition coefficient (Wildman–Crippen LogP) is 5.63. The summed E-state index contributed by atoms with van der Waals surface area (Å²) >= 11 is 0. The summed E-state index contributed by atoms with van der Waals surface area (Å²) in [6.45, 7) is 2.39. The van der Waals surface area contributed by atoms with Crippen LogP contribution in [-0.4, -0.2) is 35.1 Å². The van der Waals surface area contributed by atoms with Gasteiger partial charge < -0.3 is 11.1 Å². The Morgan fingerprint density at radius 3 is 2.69 bits per heavy atom. The Morgan fingerprint density at radius 1 is 1.10 bits per heavy atom. The van der Waals surface area contributed by atoms with E-state index in [9.17, 15) is 17.6 Å². The van der Waals surface area contributed by atoms with E-state index in [0.29, 0.717) is 36.0 Å². The number of hydrogen-bond acceptors (Lipinski definition) is 6. The third kappa shape index (κ3) is 6.28. The first-order chi connectivity index (χ1) is 20.1. The van der Waals surface area contributed by atoms with Gasteiger partial charge in [0.25, 0.3) is 10.0 Å². The molecule has 4 aromatic rings. The van der Waals surface area contributed by atoms with Crippen LogP contribution in [0.2, 0.25) is 0 Å². The molecule has 1 amide bonds. The standard InChI is InChI=1S/C30H32F2N6O3S/c1-19-15-16-38-29-21(9-5-3-2-4-6-12-26(39)35-19)18-34-30(33)27(29)28(36-38)20-13-14-24(23(32)17-20)37-42(40,41)25-11-8-7-10-22(25)31/h5,7-11,13-14,17-19,37H,2-4,6,12,15-16H2,1H3,(H2,33,34)(H,35,39)/b9-5+/t19-/m1/s1. The molecular weight excluding hydrogens is 562 g/mol. The van der Waals surface area contributed by atoms with Crippen molar-refractivity contribution in [3.05, 3.63) is 71.9 Å². The van der Waals surface area contributed by atoms with Gasteiger partial charge in [-0.25, -0.2) is 22.2 Å². The van der Waals surface area contributed by atoms with Gasteiger partial charge in [-0.1, -0.05) is 36.8 Å². The number of aromatic nitrogens is 3. The van der Waals surface area contributed by atoms with Crippen LogP contribution < -0.4 is 15.8 Å². The smallest absolute Gasteiger partial charge is 0.264 e. The number of amides is 1. The van der Waals surface area contributed by atoms with Gasteiger partial charge in [-0.15, -0.1) is 0 Å². The van der Waals surface area contributed by atoms with E-state index < -0.39 is 26.6 Å². The second kappa shape index (κ2) is 12.3. The molecule has 2 aromatic carbocycles. The maximum Gasteiger partial charge on any atom is 0.264 e. The molecule has 0 saturated heterocycles. The quantitative estimate of drug-likeness (QED) is 0.281. The summed E-state index contributed by atoms with van der Waals surface area (Å²) in [6.07, 6.45) is 10.4. The fourth-order valence-corrected chi connectivity index (χ4v) is 6.17. The molecule has 5 rings (SSSR count). The van der Waals surface area contributed by atoms with E-state index in [-0.39, 0.29) is 23.5 Å². The number of rotatable bonds is 4. The van der Waals surface area contributed by atoms with Gasteiger partial charge in [0, 0.05) is 36.3 Å². The number of nitrogens with two attached hydrogens (primary N) is 1. The summed E-state index contributed by atoms with van der Waals surface area (Å²) in [5.41, 5.74) is 8.28. The van der Waals surface area contributed by atoms with Gasteiger partial charge >= 0.3 is 0 Å². The summed E-state index contributed by atoms with van der Waals surface area (Å²) in [6, 6.07) is 8.70. The van der Waals surface area contributed by atoms with Crippen LogP contribution in [0, 0.1) is 11.6 Å². The molecule has 0 bridgehead atoms. The maximum atomic E-state index is 15.3. The minimum Gasteiger partial charge on any atom is -0.383 e. The summed E-state index contributed by atoms with van der Waals surface area (Å²) < 4.78 is 58.8. The highest BCUT2D eigenvalue weighted by Gasteiger charge is 2.23. The highest BCUT2D eigenvalue weighted by atomic mass is 32.2. The van der Waals surface area contributed by atoms with Crippen LogP contribution in [0.3, 0.4) is 0 Å². The summed E-state index contributed by atoms with van der Waals surface area (Å²) in [7, 11) is -4.37. The molecule has 1 atom stereocenters. The molecule has 0 radical (unpaired) electrons. The van der Waals surface area contributed by atoms with Gasteiger partial charge in [0.15, 0.2) is 0 Å². The second-order valence-electron chi connectivity index (χ2n) is 10.4. The lowest BCUT2D eigenvalue weighted by atomic mass is 10.1. The van der Waals surface area contributed by atoms with Crippen molar-refractivity contribution >= 4 is 44.4 Å². The van der Waals surface area contributed by atoms with E-state index in [1.807, 2.05) is 13.0 Å². The third-order valence-electron chi connectivity index (χ3n) is 7.19. The summed E-state index contributed by atoms with van der Waals surface area (Å²) in [5.74, 6) is -1.58. The minimum atomic E-state index is -4.37. The summed E-state index contributed by atoms with van der Waals surface area (Å²) in [4.78, 5) is 16.1. The average molecular weight is 595 g/mol. The van der Waals surface area contributed by atoms with Crippen LogP contribution in [0.5, 0.6) is 0 Å². The number of pyridine rings is 1. The number of nitrogens with one attached hydrogen (secondary N) is 2. The number of sulfonamides is 1. The lowest BCUT2D eigenvalue weighted by molar-refractivity contribution is -0.121. The molecule has 1 aliphatic heterocycles. The number of carbonyl (C=O) groups excluding carboxylic acids is 1. The molecule has 0 fully saturated rings. The Balaban J connectivity index is 1.54. The fraction of sp³-hybridized carbons (Fsp3) is 0.300. The van der Waals surface area contributed by atoms with E-state index in [4.69, 9.17) is 10.8 Å². The van der Waals surface area contributed by atoms with Crippen LogP contribution in [-0.2, 0) is 21.4 Å². The van der Waals surface area contributed by atoms with Crippen molar-refractivity contribution in [1.29, 1.82) is 0 Å². The minimum absolute atomic E-state index is 0.0225. The third-order valence-corrected chi connectivity index (χ3v) is 8.59. The van der Waals surface area contributed by atoms with Crippen LogP contribution in [0.4, 0.5) is 20.3 Å². The molecule has 42 heavy (non-hydrogen) atoms. The van der Waals surface area contributed by atoms with Crippen molar-refractivity contribution in [1.82, 2.24) is 20.1 Å². The Hall–Kier alpha value is -4.32. The first-order valence-electron chi connectivity index (χ1n) is 13.8. The molecule has 1 aliphatic rings. The molecule has 12 heteroatoms. The molecule has 0 aliphatic carbocycles.